The topological polar surface area (TPSA) is 9.23 Å². The van der Waals surface area contributed by atoms with Gasteiger partial charge in [-0.15, -0.1) is 0 Å². The molecule has 0 saturated heterocycles. The van der Waals surface area contributed by atoms with Crippen LogP contribution in [0, 0.1) is 0 Å². The number of rotatable bonds is 4. The van der Waals surface area contributed by atoms with Gasteiger partial charge in [-0.1, -0.05) is 42.5 Å². The Morgan fingerprint density at radius 1 is 1.23 bits per heavy atom. The highest BCUT2D eigenvalue weighted by atomic mass is 28.3. The molecule has 0 heterocycles. The van der Waals surface area contributed by atoms with Gasteiger partial charge in [-0.25, -0.2) is 0 Å². The first-order chi connectivity index (χ1) is 6.29. The van der Waals surface area contributed by atoms with Gasteiger partial charge in [0, 0.05) is 0 Å². The van der Waals surface area contributed by atoms with E-state index in [4.69, 9.17) is 4.43 Å². The van der Waals surface area contributed by atoms with E-state index in [1.54, 1.807) is 0 Å². The molecule has 0 aliphatic rings. The lowest BCUT2D eigenvalue weighted by Crippen LogP contribution is -2.06. The second-order valence-electron chi connectivity index (χ2n) is 3.03. The summed E-state index contributed by atoms with van der Waals surface area (Å²) in [5, 5.41) is 0. The molecule has 1 radical (unpaired) electrons. The Morgan fingerprint density at radius 3 is 2.54 bits per heavy atom. The summed E-state index contributed by atoms with van der Waals surface area (Å²) in [6, 6.07) is 10.3. The molecule has 1 aromatic carbocycles. The van der Waals surface area contributed by atoms with Gasteiger partial charge < -0.3 is 4.43 Å². The summed E-state index contributed by atoms with van der Waals surface area (Å²) >= 11 is 0. The van der Waals surface area contributed by atoms with Crippen molar-refractivity contribution in [2.75, 3.05) is 6.61 Å². The molecule has 0 bridgehead atoms. The summed E-state index contributed by atoms with van der Waals surface area (Å²) in [6.45, 7) is 5.01. The smallest absolute Gasteiger partial charge is 0.205 e. The summed E-state index contributed by atoms with van der Waals surface area (Å²) in [6.07, 6.45) is 4.15. The fraction of sp³-hybridized carbons (Fsp3) is 0.273. The predicted octanol–water partition coefficient (Wildman–Crippen LogP) is 2.97. The first-order valence-electron chi connectivity index (χ1n) is 4.43. The van der Waals surface area contributed by atoms with E-state index in [2.05, 4.69) is 37.4 Å². The Balaban J connectivity index is 2.33. The van der Waals surface area contributed by atoms with Crippen molar-refractivity contribution >= 4 is 15.1 Å². The zero-order valence-electron chi connectivity index (χ0n) is 8.16. The molecular formula is C11H15OSi. The quantitative estimate of drug-likeness (QED) is 0.665. The summed E-state index contributed by atoms with van der Waals surface area (Å²) in [4.78, 5) is 0. The van der Waals surface area contributed by atoms with E-state index in [9.17, 15) is 0 Å². The first kappa shape index (κ1) is 10.2. The SMILES string of the molecule is C[Si](C)OC/C=C/c1ccccc1. The molecule has 1 aromatic rings. The van der Waals surface area contributed by atoms with Crippen LogP contribution in [0.1, 0.15) is 5.56 Å². The minimum absolute atomic E-state index is 0.540. The van der Waals surface area contributed by atoms with Crippen LogP contribution in [0.25, 0.3) is 6.08 Å². The molecule has 0 atom stereocenters. The average Bonchev–Trinajstić information content (AvgIpc) is 2.14. The van der Waals surface area contributed by atoms with Gasteiger partial charge in [0.25, 0.3) is 0 Å². The maximum absolute atomic E-state index is 5.48. The van der Waals surface area contributed by atoms with Gasteiger partial charge in [-0.3, -0.25) is 0 Å². The Bertz CT molecular complexity index is 254. The molecular weight excluding hydrogens is 176 g/mol. The lowest BCUT2D eigenvalue weighted by molar-refractivity contribution is 0.375. The molecule has 0 unspecified atom stereocenters. The van der Waals surface area contributed by atoms with Gasteiger partial charge in [-0.05, 0) is 18.7 Å². The van der Waals surface area contributed by atoms with Crippen LogP contribution in [0.5, 0.6) is 0 Å². The van der Waals surface area contributed by atoms with Gasteiger partial charge in [-0.2, -0.15) is 0 Å². The molecule has 0 spiro atoms. The summed E-state index contributed by atoms with van der Waals surface area (Å²) < 4.78 is 5.48. The van der Waals surface area contributed by atoms with Gasteiger partial charge in [0.05, 0.1) is 6.61 Å². The Hall–Kier alpha value is -0.863. The summed E-state index contributed by atoms with van der Waals surface area (Å²) in [5.74, 6) is 0. The predicted molar refractivity (Wildman–Crippen MR) is 58.9 cm³/mol. The van der Waals surface area contributed by atoms with Crippen LogP contribution >= 0.6 is 0 Å². The summed E-state index contributed by atoms with van der Waals surface area (Å²) in [5.41, 5.74) is 1.23. The number of hydrogen-bond acceptors (Lipinski definition) is 1. The molecule has 0 aromatic heterocycles. The Kier molecular flexibility index (Phi) is 4.50. The molecule has 0 N–H and O–H groups in total. The zero-order valence-corrected chi connectivity index (χ0v) is 9.16. The van der Waals surface area contributed by atoms with Crippen molar-refractivity contribution in [2.24, 2.45) is 0 Å². The molecule has 0 aliphatic carbocycles. The van der Waals surface area contributed by atoms with E-state index < -0.39 is 9.04 Å². The minimum atomic E-state index is -0.540. The third kappa shape index (κ3) is 4.65. The molecule has 0 fully saturated rings. The highest BCUT2D eigenvalue weighted by Gasteiger charge is 1.91. The Morgan fingerprint density at radius 2 is 1.92 bits per heavy atom. The lowest BCUT2D eigenvalue weighted by atomic mass is 10.2. The maximum Gasteiger partial charge on any atom is 0.205 e. The fourth-order valence-corrected chi connectivity index (χ4v) is 1.39. The number of hydrogen-bond donors (Lipinski definition) is 0. The van der Waals surface area contributed by atoms with Crippen molar-refractivity contribution in [2.45, 2.75) is 13.1 Å². The van der Waals surface area contributed by atoms with Gasteiger partial charge in [0.1, 0.15) is 0 Å². The van der Waals surface area contributed by atoms with Gasteiger partial charge >= 0.3 is 0 Å². The van der Waals surface area contributed by atoms with Gasteiger partial charge in [0.15, 0.2) is 0 Å². The molecule has 0 aliphatic heterocycles. The highest BCUT2D eigenvalue weighted by Crippen LogP contribution is 2.00. The van der Waals surface area contributed by atoms with Crippen LogP contribution in [0.15, 0.2) is 36.4 Å². The first-order valence-corrected chi connectivity index (χ1v) is 6.84. The average molecular weight is 191 g/mol. The van der Waals surface area contributed by atoms with Crippen molar-refractivity contribution in [3.8, 4) is 0 Å². The maximum atomic E-state index is 5.48. The molecule has 2 heteroatoms. The second-order valence-corrected chi connectivity index (χ2v) is 5.14. The zero-order chi connectivity index (χ0) is 9.52. The standard InChI is InChI=1S/C11H15OSi/c1-13(2)12-10-6-9-11-7-4-3-5-8-11/h3-9H,10H2,1-2H3/b9-6+. The second kappa shape index (κ2) is 5.73. The third-order valence-corrected chi connectivity index (χ3v) is 2.32. The molecule has 1 rings (SSSR count). The lowest BCUT2D eigenvalue weighted by Gasteiger charge is -2.00. The van der Waals surface area contributed by atoms with Crippen molar-refractivity contribution in [3.63, 3.8) is 0 Å². The van der Waals surface area contributed by atoms with Crippen molar-refractivity contribution in [3.05, 3.63) is 42.0 Å². The normalized spacial score (nSPS) is 11.3. The molecule has 69 valence electrons. The van der Waals surface area contributed by atoms with Crippen molar-refractivity contribution < 1.29 is 4.43 Å². The van der Waals surface area contributed by atoms with Crippen LogP contribution in [0.4, 0.5) is 0 Å². The van der Waals surface area contributed by atoms with Crippen molar-refractivity contribution in [1.29, 1.82) is 0 Å². The van der Waals surface area contributed by atoms with E-state index in [0.29, 0.717) is 0 Å². The van der Waals surface area contributed by atoms with E-state index in [-0.39, 0.29) is 0 Å². The highest BCUT2D eigenvalue weighted by molar-refractivity contribution is 6.48. The van der Waals surface area contributed by atoms with E-state index in [0.717, 1.165) is 6.61 Å². The monoisotopic (exact) mass is 191 g/mol. The molecule has 13 heavy (non-hydrogen) atoms. The minimum Gasteiger partial charge on any atom is -0.414 e. The van der Waals surface area contributed by atoms with Crippen LogP contribution in [0.3, 0.4) is 0 Å². The number of benzene rings is 1. The van der Waals surface area contributed by atoms with E-state index in [1.165, 1.54) is 5.56 Å². The molecule has 0 saturated carbocycles. The van der Waals surface area contributed by atoms with Crippen LogP contribution in [-0.4, -0.2) is 15.6 Å². The van der Waals surface area contributed by atoms with Crippen molar-refractivity contribution in [1.82, 2.24) is 0 Å². The van der Waals surface area contributed by atoms with Gasteiger partial charge in [0.2, 0.25) is 9.04 Å². The van der Waals surface area contributed by atoms with E-state index in [1.807, 2.05) is 18.2 Å². The molecule has 1 nitrogen and oxygen atoms in total. The van der Waals surface area contributed by atoms with Crippen LogP contribution < -0.4 is 0 Å². The Labute approximate surface area is 81.8 Å². The van der Waals surface area contributed by atoms with Crippen LogP contribution in [0.2, 0.25) is 13.1 Å². The van der Waals surface area contributed by atoms with E-state index >= 15 is 0 Å². The van der Waals surface area contributed by atoms with Crippen LogP contribution in [-0.2, 0) is 4.43 Å². The fourth-order valence-electron chi connectivity index (χ4n) is 0.963. The molecule has 0 amide bonds. The third-order valence-electron chi connectivity index (χ3n) is 1.58. The largest absolute Gasteiger partial charge is 0.414 e. The summed E-state index contributed by atoms with van der Waals surface area (Å²) in [7, 11) is -0.540.